The Bertz CT molecular complexity index is 797. The van der Waals surface area contributed by atoms with Crippen molar-refractivity contribution in [1.82, 2.24) is 20.4 Å². The minimum Gasteiger partial charge on any atom is -0.361 e. The molecule has 2 aromatic heterocycles. The molecular weight excluding hydrogens is 330 g/mol. The topological polar surface area (TPSA) is 84.2 Å². The van der Waals surface area contributed by atoms with E-state index < -0.39 is 0 Å². The Morgan fingerprint density at radius 1 is 1.31 bits per heavy atom. The van der Waals surface area contributed by atoms with Gasteiger partial charge in [-0.25, -0.2) is 9.97 Å². The van der Waals surface area contributed by atoms with Gasteiger partial charge in [0.15, 0.2) is 0 Å². The molecule has 1 amide bonds. The summed E-state index contributed by atoms with van der Waals surface area (Å²) < 4.78 is 5.51. The summed E-state index contributed by atoms with van der Waals surface area (Å²) in [6, 6.07) is 2.33. The van der Waals surface area contributed by atoms with E-state index in [-0.39, 0.29) is 11.9 Å². The van der Waals surface area contributed by atoms with E-state index in [4.69, 9.17) is 4.52 Å². The summed E-state index contributed by atoms with van der Waals surface area (Å²) in [7, 11) is 2.02. The SMILES string of the molecule is CC(=O)NC1CC(c2cc(N(C)Cc3noc4c3CCCC4)ncn2)C1. The molecule has 2 aromatic rings. The quantitative estimate of drug-likeness (QED) is 0.886. The van der Waals surface area contributed by atoms with Crippen LogP contribution in [0.3, 0.4) is 0 Å². The van der Waals surface area contributed by atoms with E-state index >= 15 is 0 Å². The third kappa shape index (κ3) is 3.43. The Morgan fingerprint density at radius 3 is 2.92 bits per heavy atom. The normalized spacial score (nSPS) is 21.6. The highest BCUT2D eigenvalue weighted by Crippen LogP contribution is 2.36. The summed E-state index contributed by atoms with van der Waals surface area (Å²) >= 11 is 0. The number of fused-ring (bicyclic) bond motifs is 1. The molecule has 2 heterocycles. The highest BCUT2D eigenvalue weighted by atomic mass is 16.5. The highest BCUT2D eigenvalue weighted by molar-refractivity contribution is 5.73. The van der Waals surface area contributed by atoms with Crippen molar-refractivity contribution in [2.75, 3.05) is 11.9 Å². The van der Waals surface area contributed by atoms with Crippen molar-refractivity contribution in [1.29, 1.82) is 0 Å². The summed E-state index contributed by atoms with van der Waals surface area (Å²) in [5, 5.41) is 7.25. The number of aryl methyl sites for hydroxylation is 1. The van der Waals surface area contributed by atoms with Gasteiger partial charge in [-0.15, -0.1) is 0 Å². The Labute approximate surface area is 153 Å². The second-order valence-corrected chi connectivity index (χ2v) is 7.46. The lowest BCUT2D eigenvalue weighted by molar-refractivity contribution is -0.120. The van der Waals surface area contributed by atoms with Gasteiger partial charge in [0.1, 0.15) is 23.6 Å². The molecule has 2 aliphatic rings. The fourth-order valence-electron chi connectivity index (χ4n) is 3.94. The smallest absolute Gasteiger partial charge is 0.217 e. The van der Waals surface area contributed by atoms with Crippen molar-refractivity contribution in [2.45, 2.75) is 64.0 Å². The number of nitrogens with one attached hydrogen (secondary N) is 1. The van der Waals surface area contributed by atoms with E-state index in [0.717, 1.165) is 48.6 Å². The first-order valence-electron chi connectivity index (χ1n) is 9.36. The summed E-state index contributed by atoms with van der Waals surface area (Å²) in [6.07, 6.45) is 7.97. The van der Waals surface area contributed by atoms with Crippen molar-refractivity contribution in [3.8, 4) is 0 Å². The maximum absolute atomic E-state index is 11.1. The van der Waals surface area contributed by atoms with Gasteiger partial charge in [0.2, 0.25) is 5.91 Å². The van der Waals surface area contributed by atoms with E-state index in [9.17, 15) is 4.79 Å². The number of carbonyl (C=O) groups is 1. The molecule has 26 heavy (non-hydrogen) atoms. The molecule has 0 saturated heterocycles. The van der Waals surface area contributed by atoms with Gasteiger partial charge in [-0.3, -0.25) is 4.79 Å². The monoisotopic (exact) mass is 355 g/mol. The van der Waals surface area contributed by atoms with Crippen LogP contribution in [-0.2, 0) is 24.2 Å². The van der Waals surface area contributed by atoms with Gasteiger partial charge >= 0.3 is 0 Å². The lowest BCUT2D eigenvalue weighted by atomic mass is 9.78. The number of anilines is 1. The van der Waals surface area contributed by atoms with Gasteiger partial charge in [0, 0.05) is 49.7 Å². The van der Waals surface area contributed by atoms with E-state index in [2.05, 4.69) is 31.4 Å². The number of hydrogen-bond donors (Lipinski definition) is 1. The van der Waals surface area contributed by atoms with E-state index in [1.807, 2.05) is 7.05 Å². The maximum Gasteiger partial charge on any atom is 0.217 e. The molecule has 1 N–H and O–H groups in total. The van der Waals surface area contributed by atoms with Crippen LogP contribution < -0.4 is 10.2 Å². The zero-order valence-corrected chi connectivity index (χ0v) is 15.4. The summed E-state index contributed by atoms with van der Waals surface area (Å²) in [5.74, 6) is 2.38. The van der Waals surface area contributed by atoms with Crippen LogP contribution in [0.15, 0.2) is 16.9 Å². The van der Waals surface area contributed by atoms with Gasteiger partial charge in [0.25, 0.3) is 0 Å². The predicted molar refractivity (Wildman–Crippen MR) is 96.9 cm³/mol. The number of amides is 1. The molecule has 0 aromatic carbocycles. The number of rotatable bonds is 5. The van der Waals surface area contributed by atoms with Crippen LogP contribution in [0, 0.1) is 0 Å². The molecular formula is C19H25N5O2. The van der Waals surface area contributed by atoms with Crippen LogP contribution in [-0.4, -0.2) is 34.1 Å². The molecule has 7 nitrogen and oxygen atoms in total. The van der Waals surface area contributed by atoms with Crippen LogP contribution >= 0.6 is 0 Å². The van der Waals surface area contributed by atoms with Crippen molar-refractivity contribution < 1.29 is 9.32 Å². The molecule has 138 valence electrons. The van der Waals surface area contributed by atoms with Crippen LogP contribution in [0.2, 0.25) is 0 Å². The zero-order valence-electron chi connectivity index (χ0n) is 15.4. The highest BCUT2D eigenvalue weighted by Gasteiger charge is 2.32. The minimum absolute atomic E-state index is 0.0347. The third-order valence-corrected chi connectivity index (χ3v) is 5.45. The first-order chi connectivity index (χ1) is 12.6. The number of aromatic nitrogens is 3. The fourth-order valence-corrected chi connectivity index (χ4v) is 3.94. The summed E-state index contributed by atoms with van der Waals surface area (Å²) in [5.41, 5.74) is 3.36. The average Bonchev–Trinajstić information content (AvgIpc) is 3.01. The molecule has 0 aliphatic heterocycles. The van der Waals surface area contributed by atoms with Gasteiger partial charge in [-0.2, -0.15) is 0 Å². The second-order valence-electron chi connectivity index (χ2n) is 7.46. The Kier molecular flexibility index (Phi) is 4.61. The van der Waals surface area contributed by atoms with E-state index in [1.165, 1.54) is 18.4 Å². The summed E-state index contributed by atoms with van der Waals surface area (Å²) in [4.78, 5) is 22.1. The largest absolute Gasteiger partial charge is 0.361 e. The molecule has 0 radical (unpaired) electrons. The van der Waals surface area contributed by atoms with E-state index in [1.54, 1.807) is 13.3 Å². The van der Waals surface area contributed by atoms with Crippen molar-refractivity contribution >= 4 is 11.7 Å². The van der Waals surface area contributed by atoms with E-state index in [0.29, 0.717) is 12.5 Å². The van der Waals surface area contributed by atoms with Crippen LogP contribution in [0.5, 0.6) is 0 Å². The standard InChI is InChI=1S/C19H25N5O2/c1-12(25)22-14-7-13(8-14)16-9-19(21-11-20-16)24(2)10-17-15-5-3-4-6-18(15)26-23-17/h9,11,13-14H,3-8,10H2,1-2H3,(H,22,25). The Morgan fingerprint density at radius 2 is 2.12 bits per heavy atom. The van der Waals surface area contributed by atoms with Gasteiger partial charge < -0.3 is 14.7 Å². The Hall–Kier alpha value is -2.44. The van der Waals surface area contributed by atoms with Crippen molar-refractivity contribution in [3.63, 3.8) is 0 Å². The molecule has 0 unspecified atom stereocenters. The molecule has 0 spiro atoms. The second kappa shape index (κ2) is 7.05. The van der Waals surface area contributed by atoms with Gasteiger partial charge in [-0.1, -0.05) is 5.16 Å². The molecule has 4 rings (SSSR count). The average molecular weight is 355 g/mol. The van der Waals surface area contributed by atoms with Crippen LogP contribution in [0.25, 0.3) is 0 Å². The predicted octanol–water partition coefficient (Wildman–Crippen LogP) is 2.36. The first kappa shape index (κ1) is 17.0. The van der Waals surface area contributed by atoms with Gasteiger partial charge in [0.05, 0.1) is 6.54 Å². The molecule has 0 bridgehead atoms. The maximum atomic E-state index is 11.1. The fraction of sp³-hybridized carbons (Fsp3) is 0.579. The minimum atomic E-state index is 0.0347. The van der Waals surface area contributed by atoms with Gasteiger partial charge in [-0.05, 0) is 32.1 Å². The summed E-state index contributed by atoms with van der Waals surface area (Å²) in [6.45, 7) is 2.25. The molecule has 1 fully saturated rings. The van der Waals surface area contributed by atoms with Crippen LogP contribution in [0.4, 0.5) is 5.82 Å². The molecule has 0 atom stereocenters. The van der Waals surface area contributed by atoms with Crippen LogP contribution in [0.1, 0.15) is 61.2 Å². The lowest BCUT2D eigenvalue weighted by Gasteiger charge is -2.35. The molecule has 2 aliphatic carbocycles. The lowest BCUT2D eigenvalue weighted by Crippen LogP contribution is -2.42. The third-order valence-electron chi connectivity index (χ3n) is 5.45. The zero-order chi connectivity index (χ0) is 18.1. The molecule has 7 heteroatoms. The number of hydrogen-bond acceptors (Lipinski definition) is 6. The number of nitrogens with zero attached hydrogens (tertiary/aromatic N) is 4. The van der Waals surface area contributed by atoms with Crippen molar-refractivity contribution in [2.24, 2.45) is 0 Å². The van der Waals surface area contributed by atoms with Crippen molar-refractivity contribution in [3.05, 3.63) is 35.1 Å². The molecule has 1 saturated carbocycles. The Balaban J connectivity index is 1.42. The first-order valence-corrected chi connectivity index (χ1v) is 9.36. The number of carbonyl (C=O) groups excluding carboxylic acids is 1.